The van der Waals surface area contributed by atoms with Gasteiger partial charge in [-0.15, -0.1) is 0 Å². The zero-order valence-corrected chi connectivity index (χ0v) is 18.5. The first-order valence-electron chi connectivity index (χ1n) is 10.3. The number of nitriles is 1. The summed E-state index contributed by atoms with van der Waals surface area (Å²) >= 11 is 0. The van der Waals surface area contributed by atoms with Gasteiger partial charge in [0.25, 0.3) is 5.56 Å². The number of esters is 1. The number of rotatable bonds is 6. The quantitative estimate of drug-likeness (QED) is 0.409. The highest BCUT2D eigenvalue weighted by Crippen LogP contribution is 2.14. The Hall–Kier alpha value is -4.71. The van der Waals surface area contributed by atoms with Crippen LogP contribution >= 0.6 is 0 Å². The molecular formula is C25H20N4O5. The number of ether oxygens (including phenoxy) is 2. The molecule has 0 fully saturated rings. The van der Waals surface area contributed by atoms with Crippen molar-refractivity contribution in [1.82, 2.24) is 14.1 Å². The van der Waals surface area contributed by atoms with Crippen LogP contribution in [0.4, 0.5) is 0 Å². The van der Waals surface area contributed by atoms with Crippen LogP contribution in [0.1, 0.15) is 27.2 Å². The number of hydrogen-bond acceptors (Lipinski definition) is 7. The SMILES string of the molecule is COc1ccc(COC(=O)c2cc3c(=O)n(Cc4ccc(C#N)cc4)c(=O)n(C)c3cn2)cc1. The van der Waals surface area contributed by atoms with Crippen molar-refractivity contribution in [2.75, 3.05) is 7.11 Å². The maximum absolute atomic E-state index is 13.1. The Balaban J connectivity index is 1.63. The fourth-order valence-corrected chi connectivity index (χ4v) is 3.47. The van der Waals surface area contributed by atoms with Crippen LogP contribution in [0, 0.1) is 11.3 Å². The van der Waals surface area contributed by atoms with E-state index in [1.54, 1.807) is 55.6 Å². The summed E-state index contributed by atoms with van der Waals surface area (Å²) in [6, 6.07) is 17.0. The molecule has 9 nitrogen and oxygen atoms in total. The molecule has 0 atom stereocenters. The van der Waals surface area contributed by atoms with E-state index in [1.165, 1.54) is 23.9 Å². The summed E-state index contributed by atoms with van der Waals surface area (Å²) in [5.74, 6) is -0.00113. The van der Waals surface area contributed by atoms with Gasteiger partial charge in [0.15, 0.2) is 0 Å². The molecule has 2 heterocycles. The van der Waals surface area contributed by atoms with Gasteiger partial charge in [0, 0.05) is 7.05 Å². The smallest absolute Gasteiger partial charge is 0.357 e. The van der Waals surface area contributed by atoms with E-state index in [-0.39, 0.29) is 24.2 Å². The number of carbonyl (C=O) groups is 1. The summed E-state index contributed by atoms with van der Waals surface area (Å²) in [6.07, 6.45) is 1.31. The van der Waals surface area contributed by atoms with Crippen LogP contribution in [-0.2, 0) is 24.9 Å². The lowest BCUT2D eigenvalue weighted by atomic mass is 10.1. The summed E-state index contributed by atoms with van der Waals surface area (Å²) in [4.78, 5) is 42.6. The molecule has 0 amide bonds. The van der Waals surface area contributed by atoms with Gasteiger partial charge in [-0.3, -0.25) is 13.9 Å². The van der Waals surface area contributed by atoms with Gasteiger partial charge in [0.1, 0.15) is 18.1 Å². The zero-order chi connectivity index (χ0) is 24.2. The highest BCUT2D eigenvalue weighted by molar-refractivity contribution is 5.91. The average Bonchev–Trinajstić information content (AvgIpc) is 2.88. The van der Waals surface area contributed by atoms with Crippen molar-refractivity contribution in [3.8, 4) is 11.8 Å². The normalized spacial score (nSPS) is 10.6. The molecule has 4 rings (SSSR count). The Labute approximate surface area is 194 Å². The maximum Gasteiger partial charge on any atom is 0.357 e. The lowest BCUT2D eigenvalue weighted by Crippen LogP contribution is -2.39. The molecule has 0 spiro atoms. The highest BCUT2D eigenvalue weighted by atomic mass is 16.5. The lowest BCUT2D eigenvalue weighted by Gasteiger charge is -2.11. The first-order chi connectivity index (χ1) is 16.4. The number of fused-ring (bicyclic) bond motifs is 1. The molecule has 0 radical (unpaired) electrons. The van der Waals surface area contributed by atoms with E-state index in [0.29, 0.717) is 22.4 Å². The number of carbonyl (C=O) groups excluding carboxylic acids is 1. The molecule has 0 aliphatic carbocycles. The van der Waals surface area contributed by atoms with Gasteiger partial charge >= 0.3 is 11.7 Å². The summed E-state index contributed by atoms with van der Waals surface area (Å²) in [7, 11) is 3.09. The molecule has 0 bridgehead atoms. The monoisotopic (exact) mass is 456 g/mol. The molecule has 0 saturated heterocycles. The fraction of sp³-hybridized carbons (Fsp3) is 0.160. The van der Waals surface area contributed by atoms with E-state index in [4.69, 9.17) is 14.7 Å². The van der Waals surface area contributed by atoms with Crippen LogP contribution in [0.5, 0.6) is 5.75 Å². The fourth-order valence-electron chi connectivity index (χ4n) is 3.47. The van der Waals surface area contributed by atoms with Crippen molar-refractivity contribution in [1.29, 1.82) is 5.26 Å². The zero-order valence-electron chi connectivity index (χ0n) is 18.5. The van der Waals surface area contributed by atoms with Crippen LogP contribution in [0.25, 0.3) is 10.9 Å². The molecule has 0 saturated carbocycles. The first-order valence-corrected chi connectivity index (χ1v) is 10.3. The summed E-state index contributed by atoms with van der Waals surface area (Å²) in [5, 5.41) is 9.12. The van der Waals surface area contributed by atoms with Crippen molar-refractivity contribution in [2.24, 2.45) is 7.05 Å². The second kappa shape index (κ2) is 9.42. The summed E-state index contributed by atoms with van der Waals surface area (Å²) in [5.41, 5.74) is 1.13. The number of methoxy groups -OCH3 is 1. The topological polar surface area (TPSA) is 116 Å². The molecule has 2 aromatic carbocycles. The Morgan fingerprint density at radius 2 is 1.74 bits per heavy atom. The molecule has 0 N–H and O–H groups in total. The Kier molecular flexibility index (Phi) is 6.23. The van der Waals surface area contributed by atoms with Gasteiger partial charge in [-0.05, 0) is 41.5 Å². The number of nitrogens with zero attached hydrogens (tertiary/aromatic N) is 4. The number of aryl methyl sites for hydroxylation is 1. The minimum atomic E-state index is -0.690. The molecule has 34 heavy (non-hydrogen) atoms. The molecule has 9 heteroatoms. The van der Waals surface area contributed by atoms with Crippen molar-refractivity contribution < 1.29 is 14.3 Å². The number of hydrogen-bond donors (Lipinski definition) is 0. The van der Waals surface area contributed by atoms with E-state index in [9.17, 15) is 14.4 Å². The second-order valence-corrected chi connectivity index (χ2v) is 7.55. The van der Waals surface area contributed by atoms with E-state index in [1.807, 2.05) is 6.07 Å². The third-order valence-corrected chi connectivity index (χ3v) is 5.40. The van der Waals surface area contributed by atoms with Gasteiger partial charge in [-0.2, -0.15) is 5.26 Å². The van der Waals surface area contributed by atoms with E-state index < -0.39 is 17.2 Å². The summed E-state index contributed by atoms with van der Waals surface area (Å²) < 4.78 is 12.8. The third kappa shape index (κ3) is 4.42. The molecule has 0 unspecified atom stereocenters. The highest BCUT2D eigenvalue weighted by Gasteiger charge is 2.16. The molecule has 170 valence electrons. The number of pyridine rings is 1. The summed E-state index contributed by atoms with van der Waals surface area (Å²) in [6.45, 7) is 0.0471. The van der Waals surface area contributed by atoms with Crippen LogP contribution in [0.3, 0.4) is 0 Å². The molecule has 0 aliphatic rings. The van der Waals surface area contributed by atoms with Gasteiger partial charge in [-0.25, -0.2) is 14.6 Å². The minimum Gasteiger partial charge on any atom is -0.497 e. The van der Waals surface area contributed by atoms with Gasteiger partial charge < -0.3 is 9.47 Å². The number of aromatic nitrogens is 3. The second-order valence-electron chi connectivity index (χ2n) is 7.55. The van der Waals surface area contributed by atoms with E-state index in [0.717, 1.165) is 10.1 Å². The standard InChI is InChI=1S/C25H20N4O5/c1-28-22-13-27-21(24(31)34-15-18-7-9-19(33-2)10-8-18)11-20(22)23(30)29(25(28)32)14-17-5-3-16(12-26)4-6-17/h3-11,13H,14-15H2,1-2H3. The Bertz CT molecular complexity index is 1530. The molecule has 4 aromatic rings. The average molecular weight is 456 g/mol. The van der Waals surface area contributed by atoms with E-state index >= 15 is 0 Å². The Morgan fingerprint density at radius 1 is 1.06 bits per heavy atom. The molecular weight excluding hydrogens is 436 g/mol. The minimum absolute atomic E-state index is 0.0206. The van der Waals surface area contributed by atoms with Crippen molar-refractivity contribution in [3.05, 3.63) is 104 Å². The van der Waals surface area contributed by atoms with Crippen LogP contribution in [0.2, 0.25) is 0 Å². The first kappa shape index (κ1) is 22.5. The predicted molar refractivity (Wildman–Crippen MR) is 124 cm³/mol. The van der Waals surface area contributed by atoms with Crippen LogP contribution < -0.4 is 16.0 Å². The van der Waals surface area contributed by atoms with Gasteiger partial charge in [0.05, 0.1) is 42.4 Å². The largest absolute Gasteiger partial charge is 0.497 e. The van der Waals surface area contributed by atoms with Crippen molar-refractivity contribution >= 4 is 16.9 Å². The van der Waals surface area contributed by atoms with E-state index in [2.05, 4.69) is 4.98 Å². The predicted octanol–water partition coefficient (Wildman–Crippen LogP) is 2.38. The molecule has 2 aromatic heterocycles. The van der Waals surface area contributed by atoms with Crippen molar-refractivity contribution in [2.45, 2.75) is 13.2 Å². The van der Waals surface area contributed by atoms with Gasteiger partial charge in [0.2, 0.25) is 0 Å². The number of benzene rings is 2. The molecule has 0 aliphatic heterocycles. The van der Waals surface area contributed by atoms with Gasteiger partial charge in [-0.1, -0.05) is 24.3 Å². The van der Waals surface area contributed by atoms with Crippen LogP contribution in [-0.4, -0.2) is 27.2 Å². The lowest BCUT2D eigenvalue weighted by molar-refractivity contribution is 0.0466. The van der Waals surface area contributed by atoms with Crippen LogP contribution in [0.15, 0.2) is 70.4 Å². The van der Waals surface area contributed by atoms with Crippen molar-refractivity contribution in [3.63, 3.8) is 0 Å². The maximum atomic E-state index is 13.1. The Morgan fingerprint density at radius 3 is 2.38 bits per heavy atom. The third-order valence-electron chi connectivity index (χ3n) is 5.40.